The number of hydrogen-bond acceptors (Lipinski definition) is 2. The Kier molecular flexibility index (Phi) is 4.05. The van der Waals surface area contributed by atoms with Crippen molar-refractivity contribution in [1.82, 2.24) is 4.90 Å². The lowest BCUT2D eigenvalue weighted by Crippen LogP contribution is -2.44. The monoisotopic (exact) mass is 279 g/mol. The van der Waals surface area contributed by atoms with Crippen molar-refractivity contribution < 1.29 is 4.74 Å². The summed E-state index contributed by atoms with van der Waals surface area (Å²) in [5, 5.41) is 0. The second-order valence-electron chi connectivity index (χ2n) is 5.86. The van der Waals surface area contributed by atoms with Crippen molar-refractivity contribution >= 4 is 18.0 Å². The Bertz CT molecular complexity index is 509. The van der Waals surface area contributed by atoms with Gasteiger partial charge in [-0.1, -0.05) is 24.3 Å². The maximum atomic E-state index is 6.12. The molecule has 3 rings (SSSR count). The van der Waals surface area contributed by atoms with Gasteiger partial charge >= 0.3 is 0 Å². The summed E-state index contributed by atoms with van der Waals surface area (Å²) in [6.07, 6.45) is 2.13. The highest BCUT2D eigenvalue weighted by atomic mass is 35.5. The van der Waals surface area contributed by atoms with Gasteiger partial charge in [0.1, 0.15) is 0 Å². The molecule has 0 N–H and O–H groups in total. The van der Waals surface area contributed by atoms with Crippen molar-refractivity contribution in [2.45, 2.75) is 25.4 Å². The van der Waals surface area contributed by atoms with Crippen molar-refractivity contribution in [3.63, 3.8) is 0 Å². The molecule has 0 aromatic heterocycles. The number of halogens is 1. The molecule has 1 atom stereocenters. The standard InChI is InChI=1S/C16H21NO.ClH/c1-16(11-17(2)3)15-10-12-6-4-5-7-13(12)14(15)8-9-18-16;/h4-7H,8-11H2,1-3H3;1H. The fraction of sp³-hybridized carbons (Fsp3) is 0.500. The Morgan fingerprint density at radius 3 is 2.74 bits per heavy atom. The van der Waals surface area contributed by atoms with Crippen LogP contribution >= 0.6 is 12.4 Å². The van der Waals surface area contributed by atoms with Crippen LogP contribution in [0.5, 0.6) is 0 Å². The predicted molar refractivity (Wildman–Crippen MR) is 81.8 cm³/mol. The molecule has 0 bridgehead atoms. The molecule has 0 saturated heterocycles. The van der Waals surface area contributed by atoms with Crippen LogP contribution in [0.15, 0.2) is 29.8 Å². The molecule has 1 aliphatic heterocycles. The molecule has 1 heterocycles. The van der Waals surface area contributed by atoms with Crippen LogP contribution in [0.2, 0.25) is 0 Å². The van der Waals surface area contributed by atoms with E-state index in [9.17, 15) is 0 Å². The van der Waals surface area contributed by atoms with E-state index in [0.717, 1.165) is 26.0 Å². The number of fused-ring (bicyclic) bond motifs is 2. The lowest BCUT2D eigenvalue weighted by atomic mass is 9.87. The average molecular weight is 280 g/mol. The van der Waals surface area contributed by atoms with Gasteiger partial charge in [0.2, 0.25) is 0 Å². The van der Waals surface area contributed by atoms with E-state index >= 15 is 0 Å². The second-order valence-corrected chi connectivity index (χ2v) is 5.86. The summed E-state index contributed by atoms with van der Waals surface area (Å²) in [6.45, 7) is 4.05. The number of benzene rings is 1. The van der Waals surface area contributed by atoms with Gasteiger partial charge in [-0.15, -0.1) is 12.4 Å². The molecule has 0 radical (unpaired) electrons. The van der Waals surface area contributed by atoms with Gasteiger partial charge in [0.15, 0.2) is 0 Å². The van der Waals surface area contributed by atoms with Crippen LogP contribution in [-0.2, 0) is 11.2 Å². The maximum absolute atomic E-state index is 6.12. The normalized spacial score (nSPS) is 25.1. The largest absolute Gasteiger partial charge is 0.369 e. The van der Waals surface area contributed by atoms with Crippen molar-refractivity contribution in [2.24, 2.45) is 0 Å². The quantitative estimate of drug-likeness (QED) is 0.825. The van der Waals surface area contributed by atoms with Crippen molar-refractivity contribution in [3.8, 4) is 0 Å². The van der Waals surface area contributed by atoms with Gasteiger partial charge in [-0.25, -0.2) is 0 Å². The molecule has 1 aromatic carbocycles. The first-order valence-electron chi connectivity index (χ1n) is 6.70. The van der Waals surface area contributed by atoms with Gasteiger partial charge in [-0.2, -0.15) is 0 Å². The first kappa shape index (κ1) is 14.6. The fourth-order valence-electron chi connectivity index (χ4n) is 3.43. The van der Waals surface area contributed by atoms with Crippen LogP contribution in [0, 0.1) is 0 Å². The van der Waals surface area contributed by atoms with Crippen LogP contribution in [0.1, 0.15) is 24.5 Å². The molecule has 1 unspecified atom stereocenters. The zero-order valence-corrected chi connectivity index (χ0v) is 12.7. The molecular weight excluding hydrogens is 258 g/mol. The van der Waals surface area contributed by atoms with Crippen LogP contribution in [0.4, 0.5) is 0 Å². The first-order valence-corrected chi connectivity index (χ1v) is 6.70. The topological polar surface area (TPSA) is 12.5 Å². The summed E-state index contributed by atoms with van der Waals surface area (Å²) in [5.41, 5.74) is 5.86. The number of hydrogen-bond donors (Lipinski definition) is 0. The second kappa shape index (κ2) is 5.28. The summed E-state index contributed by atoms with van der Waals surface area (Å²) in [7, 11) is 4.23. The molecule has 104 valence electrons. The third-order valence-electron chi connectivity index (χ3n) is 4.10. The summed E-state index contributed by atoms with van der Waals surface area (Å²) in [4.78, 5) is 2.22. The van der Waals surface area contributed by atoms with Crippen LogP contribution in [-0.4, -0.2) is 37.7 Å². The smallest absolute Gasteiger partial charge is 0.0998 e. The highest BCUT2D eigenvalue weighted by Gasteiger charge is 2.39. The van der Waals surface area contributed by atoms with Crippen molar-refractivity contribution in [3.05, 3.63) is 41.0 Å². The molecule has 0 saturated carbocycles. The molecule has 1 aliphatic carbocycles. The Morgan fingerprint density at radius 2 is 2.00 bits per heavy atom. The third kappa shape index (κ3) is 2.45. The predicted octanol–water partition coefficient (Wildman–Crippen LogP) is 3.16. The van der Waals surface area contributed by atoms with E-state index in [4.69, 9.17) is 4.74 Å². The van der Waals surface area contributed by atoms with E-state index in [1.807, 2.05) is 0 Å². The van der Waals surface area contributed by atoms with Gasteiger partial charge < -0.3 is 9.64 Å². The number of ether oxygens (including phenoxy) is 1. The Hall–Kier alpha value is -0.830. The molecule has 0 fully saturated rings. The van der Waals surface area contributed by atoms with Crippen molar-refractivity contribution in [2.75, 3.05) is 27.2 Å². The van der Waals surface area contributed by atoms with Crippen LogP contribution in [0.3, 0.4) is 0 Å². The zero-order chi connectivity index (χ0) is 12.8. The molecule has 2 aliphatic rings. The third-order valence-corrected chi connectivity index (χ3v) is 4.10. The lowest BCUT2D eigenvalue weighted by Gasteiger charge is -2.38. The highest BCUT2D eigenvalue weighted by Crippen LogP contribution is 2.44. The lowest BCUT2D eigenvalue weighted by molar-refractivity contribution is -0.0239. The molecular formula is C16H22ClNO. The molecule has 19 heavy (non-hydrogen) atoms. The van der Waals surface area contributed by atoms with E-state index in [1.165, 1.54) is 16.7 Å². The summed E-state index contributed by atoms with van der Waals surface area (Å²) >= 11 is 0. The molecule has 2 nitrogen and oxygen atoms in total. The number of nitrogens with zero attached hydrogens (tertiary/aromatic N) is 1. The van der Waals surface area contributed by atoms with E-state index in [0.29, 0.717) is 0 Å². The highest BCUT2D eigenvalue weighted by molar-refractivity contribution is 5.85. The van der Waals surface area contributed by atoms with Gasteiger partial charge in [0.05, 0.1) is 12.2 Å². The Morgan fingerprint density at radius 1 is 1.26 bits per heavy atom. The summed E-state index contributed by atoms with van der Waals surface area (Å²) in [5.74, 6) is 0. The molecule has 1 aromatic rings. The maximum Gasteiger partial charge on any atom is 0.0998 e. The van der Waals surface area contributed by atoms with Crippen molar-refractivity contribution in [1.29, 1.82) is 0 Å². The average Bonchev–Trinajstić information content (AvgIpc) is 2.69. The molecule has 0 amide bonds. The SMILES string of the molecule is CN(C)CC1(C)OCCC2=C1Cc1ccccc12.Cl. The van der Waals surface area contributed by atoms with E-state index < -0.39 is 0 Å². The Balaban J connectivity index is 0.00000133. The fourth-order valence-corrected chi connectivity index (χ4v) is 3.43. The zero-order valence-electron chi connectivity index (χ0n) is 11.9. The summed E-state index contributed by atoms with van der Waals surface area (Å²) in [6, 6.07) is 8.80. The van der Waals surface area contributed by atoms with E-state index in [-0.39, 0.29) is 18.0 Å². The minimum atomic E-state index is -0.115. The van der Waals surface area contributed by atoms with Gasteiger partial charge in [0.25, 0.3) is 0 Å². The van der Waals surface area contributed by atoms with Gasteiger partial charge in [-0.05, 0) is 56.1 Å². The van der Waals surface area contributed by atoms with Gasteiger partial charge in [0, 0.05) is 6.54 Å². The Labute approximate surface area is 121 Å². The minimum Gasteiger partial charge on any atom is -0.369 e. The molecule has 0 spiro atoms. The van der Waals surface area contributed by atoms with Gasteiger partial charge in [-0.3, -0.25) is 0 Å². The number of likely N-dealkylation sites (N-methyl/N-ethyl adjacent to an activating group) is 1. The number of rotatable bonds is 2. The summed E-state index contributed by atoms with van der Waals surface area (Å²) < 4.78 is 6.12. The van der Waals surface area contributed by atoms with Crippen LogP contribution in [0.25, 0.3) is 5.57 Å². The van der Waals surface area contributed by atoms with Crippen LogP contribution < -0.4 is 0 Å². The van der Waals surface area contributed by atoms with E-state index in [1.54, 1.807) is 5.57 Å². The minimum absolute atomic E-state index is 0. The first-order chi connectivity index (χ1) is 8.60. The molecule has 3 heteroatoms. The van der Waals surface area contributed by atoms with E-state index in [2.05, 4.69) is 50.2 Å².